The number of sulfone groups is 1. The first-order valence-electron chi connectivity index (χ1n) is 7.88. The summed E-state index contributed by atoms with van der Waals surface area (Å²) in [5, 5.41) is 9.39. The quantitative estimate of drug-likeness (QED) is 0.805. The van der Waals surface area contributed by atoms with Gasteiger partial charge in [0.05, 0.1) is 16.8 Å². The minimum atomic E-state index is -3.16. The summed E-state index contributed by atoms with van der Waals surface area (Å²) in [6.07, 6.45) is 0.371. The Morgan fingerprint density at radius 1 is 1.09 bits per heavy atom. The van der Waals surface area contributed by atoms with Gasteiger partial charge in [-0.25, -0.2) is 8.42 Å². The number of nitrogens with zero attached hydrogens (tertiary/aromatic N) is 2. The van der Waals surface area contributed by atoms with Crippen molar-refractivity contribution in [1.82, 2.24) is 9.80 Å². The highest BCUT2D eigenvalue weighted by Crippen LogP contribution is 2.12. The van der Waals surface area contributed by atoms with Crippen molar-refractivity contribution >= 4 is 9.84 Å². The van der Waals surface area contributed by atoms with Crippen molar-refractivity contribution < 1.29 is 13.5 Å². The van der Waals surface area contributed by atoms with Crippen LogP contribution in [0.2, 0.25) is 0 Å². The van der Waals surface area contributed by atoms with Crippen molar-refractivity contribution in [1.29, 1.82) is 0 Å². The molecule has 0 bridgehead atoms. The van der Waals surface area contributed by atoms with Gasteiger partial charge in [-0.1, -0.05) is 18.2 Å². The van der Waals surface area contributed by atoms with Crippen LogP contribution in [0.4, 0.5) is 0 Å². The fourth-order valence-electron chi connectivity index (χ4n) is 2.79. The number of benzene rings is 1. The molecule has 6 heteroatoms. The summed E-state index contributed by atoms with van der Waals surface area (Å²) < 4.78 is 24.4. The molecule has 1 heterocycles. The molecule has 1 saturated heterocycles. The molecule has 1 N–H and O–H groups in total. The van der Waals surface area contributed by atoms with E-state index in [9.17, 15) is 13.5 Å². The number of hydrogen-bond donors (Lipinski definition) is 1. The molecule has 0 aromatic heterocycles. The molecule has 124 valence electrons. The Kier molecular flexibility index (Phi) is 6.37. The fraction of sp³-hybridized carbons (Fsp3) is 0.625. The van der Waals surface area contributed by atoms with E-state index in [0.717, 1.165) is 39.3 Å². The second-order valence-electron chi connectivity index (χ2n) is 5.98. The van der Waals surface area contributed by atoms with Gasteiger partial charge in [0.25, 0.3) is 0 Å². The Morgan fingerprint density at radius 2 is 1.68 bits per heavy atom. The molecule has 1 aromatic rings. The van der Waals surface area contributed by atoms with Crippen LogP contribution in [0.1, 0.15) is 13.3 Å². The zero-order valence-electron chi connectivity index (χ0n) is 13.2. The van der Waals surface area contributed by atoms with Crippen LogP contribution in [0.15, 0.2) is 35.2 Å². The lowest BCUT2D eigenvalue weighted by atomic mass is 10.2. The number of piperazine rings is 1. The van der Waals surface area contributed by atoms with Crippen LogP contribution in [-0.4, -0.2) is 74.4 Å². The van der Waals surface area contributed by atoms with Crippen LogP contribution in [0, 0.1) is 0 Å². The zero-order chi connectivity index (χ0) is 16.0. The maximum Gasteiger partial charge on any atom is 0.178 e. The minimum absolute atomic E-state index is 0.199. The van der Waals surface area contributed by atoms with Gasteiger partial charge in [0, 0.05) is 32.7 Å². The van der Waals surface area contributed by atoms with Crippen LogP contribution in [0.3, 0.4) is 0 Å². The van der Waals surface area contributed by atoms with Crippen molar-refractivity contribution in [3.8, 4) is 0 Å². The topological polar surface area (TPSA) is 60.9 Å². The normalized spacial score (nSPS) is 19.2. The van der Waals surface area contributed by atoms with Crippen LogP contribution < -0.4 is 0 Å². The average Bonchev–Trinajstić information content (AvgIpc) is 2.49. The lowest BCUT2D eigenvalue weighted by Crippen LogP contribution is -2.48. The van der Waals surface area contributed by atoms with Crippen LogP contribution in [0.25, 0.3) is 0 Å². The summed E-state index contributed by atoms with van der Waals surface area (Å²) in [5.41, 5.74) is 0. The zero-order valence-corrected chi connectivity index (χ0v) is 14.0. The fourth-order valence-corrected chi connectivity index (χ4v) is 4.11. The standard InChI is InChI=1S/C16H26N2O3S/c1-15(19)14-18-11-9-17(10-12-18)8-5-13-22(20,21)16-6-3-2-4-7-16/h2-4,6-7,15,19H,5,8-14H2,1H3. The second-order valence-corrected chi connectivity index (χ2v) is 8.09. The first-order chi connectivity index (χ1) is 10.5. The number of hydrogen-bond acceptors (Lipinski definition) is 5. The molecule has 5 nitrogen and oxygen atoms in total. The van der Waals surface area contributed by atoms with E-state index in [4.69, 9.17) is 0 Å². The van der Waals surface area contributed by atoms with Gasteiger partial charge in [-0.15, -0.1) is 0 Å². The summed E-state index contributed by atoms with van der Waals surface area (Å²) in [6.45, 7) is 7.11. The second kappa shape index (κ2) is 8.06. The molecule has 1 fully saturated rings. The predicted octanol–water partition coefficient (Wildman–Crippen LogP) is 0.849. The number of rotatable bonds is 7. The smallest absolute Gasteiger partial charge is 0.178 e. The van der Waals surface area contributed by atoms with E-state index in [1.54, 1.807) is 31.2 Å². The van der Waals surface area contributed by atoms with Gasteiger partial charge in [-0.2, -0.15) is 0 Å². The molecule has 0 saturated carbocycles. The van der Waals surface area contributed by atoms with Gasteiger partial charge in [0.2, 0.25) is 0 Å². The Labute approximate surface area is 133 Å². The van der Waals surface area contributed by atoms with Crippen molar-refractivity contribution in [2.24, 2.45) is 0 Å². The molecule has 0 amide bonds. The average molecular weight is 326 g/mol. The number of aliphatic hydroxyl groups excluding tert-OH is 1. The molecule has 0 aliphatic carbocycles. The molecule has 22 heavy (non-hydrogen) atoms. The highest BCUT2D eigenvalue weighted by molar-refractivity contribution is 7.91. The van der Waals surface area contributed by atoms with Crippen molar-refractivity contribution in [2.75, 3.05) is 45.0 Å². The molecule has 0 radical (unpaired) electrons. The maximum absolute atomic E-state index is 12.2. The molecule has 1 aliphatic rings. The van der Waals surface area contributed by atoms with Gasteiger partial charge in [0.1, 0.15) is 0 Å². The van der Waals surface area contributed by atoms with E-state index in [2.05, 4.69) is 9.80 Å². The Hall–Kier alpha value is -0.950. The SMILES string of the molecule is CC(O)CN1CCN(CCCS(=O)(=O)c2ccccc2)CC1. The molecular formula is C16H26N2O3S. The van der Waals surface area contributed by atoms with Crippen LogP contribution >= 0.6 is 0 Å². The maximum atomic E-state index is 12.2. The highest BCUT2D eigenvalue weighted by Gasteiger charge is 2.19. The Bertz CT molecular complexity index is 538. The predicted molar refractivity (Wildman–Crippen MR) is 87.7 cm³/mol. The monoisotopic (exact) mass is 326 g/mol. The highest BCUT2D eigenvalue weighted by atomic mass is 32.2. The van der Waals surface area contributed by atoms with E-state index < -0.39 is 9.84 Å². The van der Waals surface area contributed by atoms with E-state index in [0.29, 0.717) is 11.3 Å². The third kappa shape index (κ3) is 5.35. The van der Waals surface area contributed by atoms with E-state index >= 15 is 0 Å². The van der Waals surface area contributed by atoms with E-state index in [1.807, 2.05) is 6.07 Å². The van der Waals surface area contributed by atoms with E-state index in [1.165, 1.54) is 0 Å². The first-order valence-corrected chi connectivity index (χ1v) is 9.53. The van der Waals surface area contributed by atoms with Gasteiger partial charge >= 0.3 is 0 Å². The van der Waals surface area contributed by atoms with Gasteiger partial charge in [0.15, 0.2) is 9.84 Å². The van der Waals surface area contributed by atoms with Gasteiger partial charge in [-0.05, 0) is 32.0 Å². The van der Waals surface area contributed by atoms with E-state index in [-0.39, 0.29) is 11.9 Å². The van der Waals surface area contributed by atoms with Gasteiger partial charge in [-0.3, -0.25) is 4.90 Å². The summed E-state index contributed by atoms with van der Waals surface area (Å²) in [5.74, 6) is 0.199. The van der Waals surface area contributed by atoms with Crippen molar-refractivity contribution in [2.45, 2.75) is 24.3 Å². The molecular weight excluding hydrogens is 300 g/mol. The minimum Gasteiger partial charge on any atom is -0.392 e. The molecule has 1 aliphatic heterocycles. The Balaban J connectivity index is 1.72. The summed E-state index contributed by atoms with van der Waals surface area (Å²) in [4.78, 5) is 4.97. The molecule has 2 rings (SSSR count). The molecule has 1 unspecified atom stereocenters. The van der Waals surface area contributed by atoms with Gasteiger partial charge < -0.3 is 10.0 Å². The van der Waals surface area contributed by atoms with Crippen molar-refractivity contribution in [3.63, 3.8) is 0 Å². The summed E-state index contributed by atoms with van der Waals surface area (Å²) in [7, 11) is -3.16. The largest absolute Gasteiger partial charge is 0.392 e. The lowest BCUT2D eigenvalue weighted by Gasteiger charge is -2.35. The summed E-state index contributed by atoms with van der Waals surface area (Å²) >= 11 is 0. The molecule has 1 aromatic carbocycles. The summed E-state index contributed by atoms with van der Waals surface area (Å²) in [6, 6.07) is 8.66. The first kappa shape index (κ1) is 17.4. The molecule has 1 atom stereocenters. The third-order valence-corrected chi connectivity index (χ3v) is 5.79. The molecule has 0 spiro atoms. The van der Waals surface area contributed by atoms with Crippen LogP contribution in [0.5, 0.6) is 0 Å². The van der Waals surface area contributed by atoms with Crippen LogP contribution in [-0.2, 0) is 9.84 Å². The third-order valence-electron chi connectivity index (χ3n) is 3.98. The lowest BCUT2D eigenvalue weighted by molar-refractivity contribution is 0.0810. The van der Waals surface area contributed by atoms with Crippen molar-refractivity contribution in [3.05, 3.63) is 30.3 Å². The number of β-amino-alcohol motifs (C(OH)–C–C–N with tert-alkyl or cyclic N) is 1. The number of aliphatic hydroxyl groups is 1. The Morgan fingerprint density at radius 3 is 2.27 bits per heavy atom.